The van der Waals surface area contributed by atoms with Crippen LogP contribution in [0.5, 0.6) is 0 Å². The molecule has 2 aliphatic heterocycles. The number of benzene rings is 1. The molecule has 6 atom stereocenters. The molecule has 202 valence electrons. The van der Waals surface area contributed by atoms with Gasteiger partial charge in [0.25, 0.3) is 0 Å². The fourth-order valence-corrected chi connectivity index (χ4v) is 5.73. The molecule has 6 rings (SSSR count). The van der Waals surface area contributed by atoms with Gasteiger partial charge in [-0.25, -0.2) is 19.3 Å². The predicted molar refractivity (Wildman–Crippen MR) is 138 cm³/mol. The maximum atomic E-state index is 15.5. The smallest absolute Gasteiger partial charge is 0.225 e. The molecule has 1 aliphatic carbocycles. The van der Waals surface area contributed by atoms with Crippen LogP contribution < -0.4 is 5.32 Å². The van der Waals surface area contributed by atoms with E-state index in [0.717, 1.165) is 0 Å². The third kappa shape index (κ3) is 4.31. The van der Waals surface area contributed by atoms with E-state index in [4.69, 9.17) is 21.1 Å². The van der Waals surface area contributed by atoms with Crippen LogP contribution in [-0.4, -0.2) is 80.7 Å². The van der Waals surface area contributed by atoms with Crippen molar-refractivity contribution in [1.29, 1.82) is 0 Å². The highest BCUT2D eigenvalue weighted by Gasteiger charge is 2.48. The van der Waals surface area contributed by atoms with Gasteiger partial charge < -0.3 is 29.4 Å². The molecular weight excluding hydrogens is 515 g/mol. The summed E-state index contributed by atoms with van der Waals surface area (Å²) in [6.45, 7) is 4.45. The van der Waals surface area contributed by atoms with Gasteiger partial charge in [-0.15, -0.1) is 0 Å². The van der Waals surface area contributed by atoms with Gasteiger partial charge in [0, 0.05) is 37.5 Å². The van der Waals surface area contributed by atoms with Crippen molar-refractivity contribution < 1.29 is 23.8 Å². The number of anilines is 1. The molecule has 1 amide bonds. The molecule has 1 unspecified atom stereocenters. The number of amides is 1. The molecule has 3 fully saturated rings. The van der Waals surface area contributed by atoms with Crippen LogP contribution in [0.25, 0.3) is 22.3 Å². The lowest BCUT2D eigenvalue weighted by atomic mass is 10.0. The van der Waals surface area contributed by atoms with Crippen molar-refractivity contribution in [3.05, 3.63) is 35.0 Å². The number of fused-ring (bicyclic) bond motifs is 3. The lowest BCUT2D eigenvalue weighted by Gasteiger charge is -2.32. The fourth-order valence-electron chi connectivity index (χ4n) is 5.53. The molecule has 2 N–H and O–H groups in total. The lowest BCUT2D eigenvalue weighted by Crippen LogP contribution is -2.48. The number of aliphatic hydroxyl groups excluding tert-OH is 1. The second-order valence-corrected chi connectivity index (χ2v) is 11.2. The van der Waals surface area contributed by atoms with Gasteiger partial charge in [-0.1, -0.05) is 11.6 Å². The highest BCUT2D eigenvalue weighted by molar-refractivity contribution is 6.33. The molecule has 2 bridgehead atoms. The number of carbonyl (C=O) groups excluding carboxylic acids is 1. The van der Waals surface area contributed by atoms with Crippen LogP contribution in [0, 0.1) is 11.7 Å². The Kier molecular flexibility index (Phi) is 6.29. The number of carbonyl (C=O) groups is 1. The zero-order valence-electron chi connectivity index (χ0n) is 21.6. The summed E-state index contributed by atoms with van der Waals surface area (Å²) in [6, 6.07) is 2.83. The highest BCUT2D eigenvalue weighted by atomic mass is 35.5. The van der Waals surface area contributed by atoms with Gasteiger partial charge in [0.2, 0.25) is 11.9 Å². The van der Waals surface area contributed by atoms with Crippen LogP contribution in [0.4, 0.5) is 10.3 Å². The molecule has 4 heterocycles. The minimum atomic E-state index is -0.880. The molecule has 2 aromatic heterocycles. The second kappa shape index (κ2) is 9.41. The van der Waals surface area contributed by atoms with Crippen molar-refractivity contribution in [2.24, 2.45) is 5.92 Å². The molecule has 0 radical (unpaired) electrons. The van der Waals surface area contributed by atoms with E-state index in [-0.39, 0.29) is 52.4 Å². The fraction of sp³-hybridized carbons (Fsp3) is 0.538. The van der Waals surface area contributed by atoms with E-state index < -0.39 is 18.2 Å². The van der Waals surface area contributed by atoms with Gasteiger partial charge in [-0.2, -0.15) is 0 Å². The zero-order chi connectivity index (χ0) is 26.9. The van der Waals surface area contributed by atoms with Crippen molar-refractivity contribution >= 4 is 34.5 Å². The van der Waals surface area contributed by atoms with Crippen molar-refractivity contribution in [2.75, 3.05) is 26.0 Å². The molecule has 12 heteroatoms. The first-order valence-electron chi connectivity index (χ1n) is 12.8. The van der Waals surface area contributed by atoms with Gasteiger partial charge in [0.15, 0.2) is 12.1 Å². The first-order chi connectivity index (χ1) is 18.1. The summed E-state index contributed by atoms with van der Waals surface area (Å²) in [5.41, 5.74) is 1.71. The molecule has 2 saturated heterocycles. The number of ether oxygens (including phenoxy) is 2. The maximum absolute atomic E-state index is 15.5. The number of aromatic nitrogens is 4. The summed E-state index contributed by atoms with van der Waals surface area (Å²) >= 11 is 6.48. The monoisotopic (exact) mass is 544 g/mol. The third-order valence-electron chi connectivity index (χ3n) is 7.49. The SMILES string of the molecule is CC(C)n1c(C2C[C@H]2C(=O)N(C)C)nc2c(F)cc(-c3nc(N[C@@H]4C[C@H]5CO[C@H](O5)[C@H]4O)ncc3Cl)cc21. The molecule has 1 saturated carbocycles. The van der Waals surface area contributed by atoms with Gasteiger partial charge in [-0.05, 0) is 38.8 Å². The van der Waals surface area contributed by atoms with Crippen LogP contribution in [0.1, 0.15) is 44.5 Å². The van der Waals surface area contributed by atoms with Crippen molar-refractivity contribution in [2.45, 2.75) is 63.2 Å². The Labute approximate surface area is 224 Å². The number of imidazole rings is 1. The number of aliphatic hydroxyl groups is 1. The quantitative estimate of drug-likeness (QED) is 0.485. The summed E-state index contributed by atoms with van der Waals surface area (Å²) in [5, 5.41) is 14.0. The third-order valence-corrected chi connectivity index (χ3v) is 7.76. The number of rotatable bonds is 6. The number of halogens is 2. The van der Waals surface area contributed by atoms with Crippen LogP contribution in [0.2, 0.25) is 5.02 Å². The average Bonchev–Trinajstić information content (AvgIpc) is 3.40. The molecule has 10 nitrogen and oxygen atoms in total. The van der Waals surface area contributed by atoms with E-state index in [1.54, 1.807) is 19.0 Å². The van der Waals surface area contributed by atoms with E-state index in [2.05, 4.69) is 20.3 Å². The number of hydrogen-bond acceptors (Lipinski definition) is 8. The molecule has 3 aromatic rings. The molecule has 1 aromatic carbocycles. The van der Waals surface area contributed by atoms with Crippen LogP contribution in [-0.2, 0) is 14.3 Å². The van der Waals surface area contributed by atoms with Crippen molar-refractivity contribution in [3.8, 4) is 11.3 Å². The summed E-state index contributed by atoms with van der Waals surface area (Å²) in [7, 11) is 3.48. The van der Waals surface area contributed by atoms with Gasteiger partial charge in [0.1, 0.15) is 17.4 Å². The van der Waals surface area contributed by atoms with Crippen LogP contribution >= 0.6 is 11.6 Å². The Morgan fingerprint density at radius 2 is 2.08 bits per heavy atom. The van der Waals surface area contributed by atoms with Crippen LogP contribution in [0.15, 0.2) is 18.3 Å². The Hall–Kier alpha value is -2.86. The van der Waals surface area contributed by atoms with Crippen molar-refractivity contribution in [1.82, 2.24) is 24.4 Å². The van der Waals surface area contributed by atoms with Gasteiger partial charge >= 0.3 is 0 Å². The van der Waals surface area contributed by atoms with E-state index in [1.165, 1.54) is 12.3 Å². The predicted octanol–water partition coefficient (Wildman–Crippen LogP) is 3.35. The second-order valence-electron chi connectivity index (χ2n) is 10.8. The Bertz CT molecular complexity index is 1410. The first-order valence-corrected chi connectivity index (χ1v) is 13.2. The molecule has 0 spiro atoms. The Balaban J connectivity index is 1.35. The highest BCUT2D eigenvalue weighted by Crippen LogP contribution is 2.49. The normalized spacial score (nSPS) is 28.2. The summed E-state index contributed by atoms with van der Waals surface area (Å²) in [6.07, 6.45) is 1.02. The van der Waals surface area contributed by atoms with Crippen LogP contribution in [0.3, 0.4) is 0 Å². The van der Waals surface area contributed by atoms with E-state index in [1.807, 2.05) is 24.5 Å². The van der Waals surface area contributed by atoms with E-state index in [9.17, 15) is 9.90 Å². The van der Waals surface area contributed by atoms with Gasteiger partial charge in [-0.3, -0.25) is 4.79 Å². The molecule has 3 aliphatic rings. The Morgan fingerprint density at radius 1 is 1.29 bits per heavy atom. The first kappa shape index (κ1) is 25.4. The average molecular weight is 545 g/mol. The molecular formula is C26H30ClFN6O4. The minimum absolute atomic E-state index is 0.00828. The van der Waals surface area contributed by atoms with Gasteiger partial charge in [0.05, 0.1) is 41.2 Å². The summed E-state index contributed by atoms with van der Waals surface area (Å²) < 4.78 is 28.5. The number of nitrogens with one attached hydrogen (secondary N) is 1. The summed E-state index contributed by atoms with van der Waals surface area (Å²) in [4.78, 5) is 27.6. The molecule has 38 heavy (non-hydrogen) atoms. The largest absolute Gasteiger partial charge is 0.386 e. The maximum Gasteiger partial charge on any atom is 0.225 e. The van der Waals surface area contributed by atoms with E-state index >= 15 is 4.39 Å². The summed E-state index contributed by atoms with van der Waals surface area (Å²) in [5.74, 6) is 0.343. The van der Waals surface area contributed by atoms with Crippen molar-refractivity contribution in [3.63, 3.8) is 0 Å². The van der Waals surface area contributed by atoms with E-state index in [0.29, 0.717) is 42.0 Å². The topological polar surface area (TPSA) is 115 Å². The standard InChI is InChI=1S/C26H30ClFN6O4/c1-11(2)34-19-6-12(5-17(28)21(19)31-23(34)14-8-15(14)24(36)33(3)4)20-16(27)9-29-26(32-20)30-18-7-13-10-37-25(38-13)22(18)35/h5-6,9,11,13-15,18,22,25,35H,7-8,10H2,1-4H3,(H,29,30,32)/t13-,14?,15+,18+,22-,25+/m0/s1. The zero-order valence-corrected chi connectivity index (χ0v) is 22.3. The minimum Gasteiger partial charge on any atom is -0.386 e. The number of nitrogens with zero attached hydrogens (tertiary/aromatic N) is 5. The Morgan fingerprint density at radius 3 is 2.82 bits per heavy atom. The lowest BCUT2D eigenvalue weighted by molar-refractivity contribution is -0.156. The number of hydrogen-bond donors (Lipinski definition) is 2.